The normalized spacial score (nSPS) is 28.7. The van der Waals surface area contributed by atoms with E-state index in [-0.39, 0.29) is 11.3 Å². The summed E-state index contributed by atoms with van der Waals surface area (Å²) < 4.78 is 25.0. The number of aryl methyl sites for hydroxylation is 1. The second kappa shape index (κ2) is 15.9. The molecule has 1 saturated heterocycles. The van der Waals surface area contributed by atoms with Gasteiger partial charge in [0.2, 0.25) is 0 Å². The molecule has 2 aromatic carbocycles. The summed E-state index contributed by atoms with van der Waals surface area (Å²) in [6.07, 6.45) is 12.6. The lowest BCUT2D eigenvalue weighted by Crippen LogP contribution is -2.53. The first-order valence-corrected chi connectivity index (χ1v) is 20.8. The van der Waals surface area contributed by atoms with Crippen molar-refractivity contribution in [3.63, 3.8) is 0 Å². The van der Waals surface area contributed by atoms with Gasteiger partial charge in [0, 0.05) is 53.7 Å². The Balaban J connectivity index is 1.03. The number of halogens is 1. The maximum Gasteiger partial charge on any atom is 0.329 e. The van der Waals surface area contributed by atoms with E-state index in [4.69, 9.17) is 30.5 Å². The molecular formula is C45H56ClN3O6. The smallest absolute Gasteiger partial charge is 0.329 e. The number of aliphatic carboxylic acids is 1. The molecular weight excluding hydrogens is 714 g/mol. The Bertz CT molecular complexity index is 1910. The van der Waals surface area contributed by atoms with Crippen molar-refractivity contribution in [1.29, 1.82) is 0 Å². The first-order chi connectivity index (χ1) is 26.6. The number of pyridine rings is 1. The Morgan fingerprint density at radius 2 is 1.93 bits per heavy atom. The molecule has 0 amide bonds. The number of carboxylic acid groups (broad SMARTS) is 1. The molecule has 9 nitrogen and oxygen atoms in total. The second-order valence-electron chi connectivity index (χ2n) is 17.1. The summed E-state index contributed by atoms with van der Waals surface area (Å²) in [5.74, 6) is 3.13. The number of carbonyl (C=O) groups is 1. The third-order valence-electron chi connectivity index (χ3n) is 13.3. The highest BCUT2D eigenvalue weighted by Gasteiger charge is 2.54. The minimum atomic E-state index is -1.08. The quantitative estimate of drug-likeness (QED) is 0.185. The van der Waals surface area contributed by atoms with Crippen LogP contribution in [0.5, 0.6) is 17.2 Å². The van der Waals surface area contributed by atoms with Crippen LogP contribution in [0.4, 0.5) is 5.69 Å². The van der Waals surface area contributed by atoms with E-state index in [9.17, 15) is 9.90 Å². The highest BCUT2D eigenvalue weighted by molar-refractivity contribution is 6.30. The van der Waals surface area contributed by atoms with Crippen molar-refractivity contribution >= 4 is 23.3 Å². The number of hydrogen-bond acceptors (Lipinski definition) is 8. The van der Waals surface area contributed by atoms with E-state index in [1.165, 1.54) is 40.8 Å². The summed E-state index contributed by atoms with van der Waals surface area (Å²) in [4.78, 5) is 20.2. The lowest BCUT2D eigenvalue weighted by Gasteiger charge is -2.47. The SMILES string of the molecule is CO/C=C1/CCN(CC2COc3cc4c(cc3OC2)C2(CCC(Nc3cccc(Cl)c3)(C(=O)O)CC2)[C@@H](C[C@@H](C)COc2ccnc3c2[C@H](C)CCC3)C4)C1. The lowest BCUT2D eigenvalue weighted by molar-refractivity contribution is -0.144. The number of anilines is 1. The minimum absolute atomic E-state index is 0.188. The zero-order chi connectivity index (χ0) is 38.2. The molecule has 55 heavy (non-hydrogen) atoms. The number of carboxylic acids is 1. The lowest BCUT2D eigenvalue weighted by atomic mass is 9.59. The largest absolute Gasteiger partial charge is 0.504 e. The van der Waals surface area contributed by atoms with E-state index < -0.39 is 11.5 Å². The van der Waals surface area contributed by atoms with Gasteiger partial charge < -0.3 is 29.4 Å². The average Bonchev–Trinajstić information content (AvgIpc) is 3.66. The molecule has 8 rings (SSSR count). The molecule has 0 radical (unpaired) electrons. The van der Waals surface area contributed by atoms with Crippen molar-refractivity contribution < 1.29 is 28.8 Å². The molecule has 2 N–H and O–H groups in total. The van der Waals surface area contributed by atoms with Gasteiger partial charge in [-0.2, -0.15) is 0 Å². The van der Waals surface area contributed by atoms with E-state index in [0.717, 1.165) is 81.1 Å². The molecule has 4 atom stereocenters. The van der Waals surface area contributed by atoms with Gasteiger partial charge in [-0.25, -0.2) is 4.79 Å². The van der Waals surface area contributed by atoms with Crippen LogP contribution in [0.15, 0.2) is 60.5 Å². The Kier molecular flexibility index (Phi) is 11.0. The maximum absolute atomic E-state index is 13.1. The van der Waals surface area contributed by atoms with Gasteiger partial charge in [-0.15, -0.1) is 0 Å². The molecule has 1 spiro atoms. The number of methoxy groups -OCH3 is 1. The van der Waals surface area contributed by atoms with Crippen molar-refractivity contribution in [2.45, 2.75) is 94.9 Å². The van der Waals surface area contributed by atoms with E-state index in [0.29, 0.717) is 55.4 Å². The number of ether oxygens (including phenoxy) is 4. The molecule has 3 aromatic rings. The molecule has 5 aliphatic rings. The third kappa shape index (κ3) is 7.76. The zero-order valence-electron chi connectivity index (χ0n) is 32.6. The van der Waals surface area contributed by atoms with E-state index in [1.54, 1.807) is 7.11 Å². The highest BCUT2D eigenvalue weighted by Crippen LogP contribution is 2.58. The summed E-state index contributed by atoms with van der Waals surface area (Å²) in [7, 11) is 1.71. The highest BCUT2D eigenvalue weighted by atomic mass is 35.5. The van der Waals surface area contributed by atoms with Gasteiger partial charge in [0.05, 0.1) is 33.2 Å². The van der Waals surface area contributed by atoms with Crippen molar-refractivity contribution in [2.75, 3.05) is 51.9 Å². The number of fused-ring (bicyclic) bond motifs is 4. The van der Waals surface area contributed by atoms with Gasteiger partial charge >= 0.3 is 5.97 Å². The van der Waals surface area contributed by atoms with Crippen LogP contribution in [-0.4, -0.2) is 73.1 Å². The predicted molar refractivity (Wildman–Crippen MR) is 215 cm³/mol. The zero-order valence-corrected chi connectivity index (χ0v) is 33.3. The molecule has 1 saturated carbocycles. The average molecular weight is 770 g/mol. The first-order valence-electron chi connectivity index (χ1n) is 20.4. The van der Waals surface area contributed by atoms with Gasteiger partial charge in [0.1, 0.15) is 11.3 Å². The van der Waals surface area contributed by atoms with Gasteiger partial charge in [0.25, 0.3) is 0 Å². The minimum Gasteiger partial charge on any atom is -0.504 e. The fraction of sp³-hybridized carbons (Fsp3) is 0.556. The summed E-state index contributed by atoms with van der Waals surface area (Å²) in [6, 6.07) is 13.9. The number of rotatable bonds is 11. The van der Waals surface area contributed by atoms with Crippen LogP contribution in [0.25, 0.3) is 0 Å². The number of nitrogens with zero attached hydrogens (tertiary/aromatic N) is 2. The monoisotopic (exact) mass is 769 g/mol. The Labute approximate surface area is 330 Å². The predicted octanol–water partition coefficient (Wildman–Crippen LogP) is 8.82. The molecule has 0 bridgehead atoms. The number of likely N-dealkylation sites (tertiary alicyclic amines) is 1. The Hall–Kier alpha value is -3.95. The second-order valence-corrected chi connectivity index (χ2v) is 17.6. The summed E-state index contributed by atoms with van der Waals surface area (Å²) in [6.45, 7) is 9.29. The van der Waals surface area contributed by atoms with Gasteiger partial charge in [-0.1, -0.05) is 31.5 Å². The fourth-order valence-corrected chi connectivity index (χ4v) is 10.6. The van der Waals surface area contributed by atoms with Crippen molar-refractivity contribution in [2.24, 2.45) is 17.8 Å². The third-order valence-corrected chi connectivity index (χ3v) is 13.5. The van der Waals surface area contributed by atoms with Gasteiger partial charge in [-0.3, -0.25) is 9.88 Å². The molecule has 2 fully saturated rings. The van der Waals surface area contributed by atoms with Crippen LogP contribution in [-0.2, 0) is 27.8 Å². The number of benzene rings is 2. The molecule has 294 valence electrons. The van der Waals surface area contributed by atoms with E-state index in [2.05, 4.69) is 41.2 Å². The summed E-state index contributed by atoms with van der Waals surface area (Å²) in [5.41, 5.74) is 5.86. The van der Waals surface area contributed by atoms with Crippen LogP contribution < -0.4 is 19.5 Å². The first kappa shape index (κ1) is 37.9. The number of nitrogens with one attached hydrogen (secondary N) is 1. The topological polar surface area (TPSA) is 102 Å². The van der Waals surface area contributed by atoms with Crippen LogP contribution in [0.2, 0.25) is 5.02 Å². The number of hydrogen-bond donors (Lipinski definition) is 2. The number of aromatic nitrogens is 1. The van der Waals surface area contributed by atoms with Crippen LogP contribution in [0.1, 0.15) is 93.5 Å². The molecule has 2 aliphatic heterocycles. The van der Waals surface area contributed by atoms with Gasteiger partial charge in [-0.05, 0) is 140 Å². The van der Waals surface area contributed by atoms with Crippen LogP contribution >= 0.6 is 11.6 Å². The van der Waals surface area contributed by atoms with Crippen LogP contribution in [0.3, 0.4) is 0 Å². The maximum atomic E-state index is 13.1. The Morgan fingerprint density at radius 1 is 1.13 bits per heavy atom. The Morgan fingerprint density at radius 3 is 2.69 bits per heavy atom. The van der Waals surface area contributed by atoms with Crippen LogP contribution in [0, 0.1) is 17.8 Å². The molecule has 1 unspecified atom stereocenters. The van der Waals surface area contributed by atoms with E-state index >= 15 is 0 Å². The molecule has 10 heteroatoms. The van der Waals surface area contributed by atoms with Gasteiger partial charge in [0.15, 0.2) is 11.5 Å². The molecule has 3 heterocycles. The van der Waals surface area contributed by atoms with Crippen molar-refractivity contribution in [3.8, 4) is 17.2 Å². The summed E-state index contributed by atoms with van der Waals surface area (Å²) >= 11 is 6.32. The standard InChI is InChI=1S/C45H56ClN3O6/c1-29(25-53-39-10-16-47-38-9-4-6-30(2)42(38)39)18-34-19-33-20-40-41(55-28-32(27-54-40)24-49-17-11-31(23-49)26-52-3)22-37(33)44(34)12-14-45(15-13-44,43(50)51)48-36-8-5-7-35(46)21-36/h5,7-8,10,16,20-22,26,29-30,32,34,48H,4,6,9,11-15,17-19,23-25,27-28H2,1-3H3,(H,50,51)/b31-26-/t29-,30-,32?,34+,44?,45?/m1/s1. The fourth-order valence-electron chi connectivity index (χ4n) is 10.4. The molecule has 3 aliphatic carbocycles. The van der Waals surface area contributed by atoms with Crippen molar-refractivity contribution in [3.05, 3.63) is 87.9 Å². The van der Waals surface area contributed by atoms with Crippen molar-refractivity contribution in [1.82, 2.24) is 9.88 Å². The summed E-state index contributed by atoms with van der Waals surface area (Å²) in [5, 5.41) is 14.7. The van der Waals surface area contributed by atoms with E-state index in [1.807, 2.05) is 42.8 Å². The molecule has 1 aromatic heterocycles.